The van der Waals surface area contributed by atoms with Gasteiger partial charge in [-0.1, -0.05) is 13.8 Å². The van der Waals surface area contributed by atoms with Gasteiger partial charge in [-0.05, 0) is 19.8 Å². The first kappa shape index (κ1) is 16.9. The van der Waals surface area contributed by atoms with Crippen LogP contribution in [0.3, 0.4) is 0 Å². The summed E-state index contributed by atoms with van der Waals surface area (Å²) < 4.78 is 22.9. The molecule has 0 bridgehead atoms. The zero-order valence-corrected chi connectivity index (χ0v) is 13.3. The highest BCUT2D eigenvalue weighted by molar-refractivity contribution is 7.91. The van der Waals surface area contributed by atoms with Gasteiger partial charge in [0.2, 0.25) is 11.8 Å². The second-order valence-corrected chi connectivity index (χ2v) is 7.84. The van der Waals surface area contributed by atoms with Crippen LogP contribution in [-0.4, -0.2) is 55.3 Å². The van der Waals surface area contributed by atoms with E-state index in [1.807, 2.05) is 6.92 Å². The lowest BCUT2D eigenvalue weighted by molar-refractivity contribution is -0.138. The Morgan fingerprint density at radius 3 is 2.50 bits per heavy atom. The van der Waals surface area contributed by atoms with Crippen molar-refractivity contribution in [1.82, 2.24) is 10.2 Å². The van der Waals surface area contributed by atoms with Crippen LogP contribution < -0.4 is 5.32 Å². The van der Waals surface area contributed by atoms with Crippen molar-refractivity contribution in [1.29, 1.82) is 0 Å². The Kier molecular flexibility index (Phi) is 5.56. The van der Waals surface area contributed by atoms with E-state index in [9.17, 15) is 18.0 Å². The maximum atomic E-state index is 12.4. The number of hydrogen-bond acceptors (Lipinski definition) is 4. The third-order valence-corrected chi connectivity index (χ3v) is 5.60. The van der Waals surface area contributed by atoms with E-state index in [0.717, 1.165) is 0 Å². The van der Waals surface area contributed by atoms with Gasteiger partial charge in [-0.25, -0.2) is 8.42 Å². The van der Waals surface area contributed by atoms with Crippen LogP contribution >= 0.6 is 0 Å². The monoisotopic (exact) mass is 304 g/mol. The van der Waals surface area contributed by atoms with Gasteiger partial charge >= 0.3 is 0 Å². The molecular weight excluding hydrogens is 280 g/mol. The lowest BCUT2D eigenvalue weighted by atomic mass is 9.97. The van der Waals surface area contributed by atoms with Gasteiger partial charge in [0.15, 0.2) is 0 Å². The predicted molar refractivity (Wildman–Crippen MR) is 77.0 cm³/mol. The van der Waals surface area contributed by atoms with Gasteiger partial charge in [-0.3, -0.25) is 9.59 Å². The molecule has 20 heavy (non-hydrogen) atoms. The molecule has 1 aliphatic rings. The summed E-state index contributed by atoms with van der Waals surface area (Å²) in [6, 6.07) is 0. The normalized spacial score (nSPS) is 24.4. The molecule has 0 aromatic carbocycles. The van der Waals surface area contributed by atoms with Crippen LogP contribution in [0.2, 0.25) is 0 Å². The molecule has 2 amide bonds. The highest BCUT2D eigenvalue weighted by Crippen LogP contribution is 2.17. The molecule has 0 radical (unpaired) electrons. The Labute approximate surface area is 120 Å². The zero-order chi connectivity index (χ0) is 15.4. The van der Waals surface area contributed by atoms with Crippen LogP contribution in [0.5, 0.6) is 0 Å². The molecule has 1 atom stereocenters. The van der Waals surface area contributed by atoms with Crippen LogP contribution in [0.15, 0.2) is 0 Å². The molecule has 1 aliphatic heterocycles. The molecule has 0 saturated carbocycles. The Bertz CT molecular complexity index is 475. The zero-order valence-electron chi connectivity index (χ0n) is 12.4. The summed E-state index contributed by atoms with van der Waals surface area (Å²) in [6.07, 6.45) is 1.19. The molecule has 0 aromatic heterocycles. The van der Waals surface area contributed by atoms with Crippen molar-refractivity contribution in [2.45, 2.75) is 45.6 Å². The lowest BCUT2D eigenvalue weighted by Gasteiger charge is -2.31. The number of rotatable bonds is 6. The highest BCUT2D eigenvalue weighted by atomic mass is 32.2. The Morgan fingerprint density at radius 2 is 1.95 bits per heavy atom. The first-order valence-electron chi connectivity index (χ1n) is 7.05. The van der Waals surface area contributed by atoms with Crippen molar-refractivity contribution in [2.24, 2.45) is 0 Å². The smallest absolute Gasteiger partial charge is 0.248 e. The standard InChI is InChI=1S/C13H24N2O4S/c1-4-13(3)12(17)15(9-7-11(16)14-13)8-6-10-20(18,19)5-2/h4-10H2,1-3H3,(H,14,16). The molecule has 1 saturated heterocycles. The van der Waals surface area contributed by atoms with Crippen molar-refractivity contribution in [2.75, 3.05) is 24.6 Å². The van der Waals surface area contributed by atoms with Crippen LogP contribution in [0.1, 0.15) is 40.0 Å². The fourth-order valence-corrected chi connectivity index (χ4v) is 3.04. The van der Waals surface area contributed by atoms with Gasteiger partial charge in [-0.15, -0.1) is 0 Å². The minimum atomic E-state index is -3.01. The van der Waals surface area contributed by atoms with Crippen LogP contribution in [0.4, 0.5) is 0 Å². The van der Waals surface area contributed by atoms with E-state index in [-0.39, 0.29) is 29.7 Å². The van der Waals surface area contributed by atoms with Crippen molar-refractivity contribution < 1.29 is 18.0 Å². The molecule has 1 N–H and O–H groups in total. The summed E-state index contributed by atoms with van der Waals surface area (Å²) in [5.74, 6) is -0.0587. The summed E-state index contributed by atoms with van der Waals surface area (Å²) in [7, 11) is -3.01. The van der Waals surface area contributed by atoms with Crippen LogP contribution in [0, 0.1) is 0 Å². The number of hydrogen-bond donors (Lipinski definition) is 1. The minimum absolute atomic E-state index is 0.0808. The number of amides is 2. The summed E-state index contributed by atoms with van der Waals surface area (Å²) >= 11 is 0. The predicted octanol–water partition coefficient (Wildman–Crippen LogP) is 0.328. The number of sulfone groups is 1. The lowest BCUT2D eigenvalue weighted by Crippen LogP contribution is -2.54. The first-order chi connectivity index (χ1) is 9.24. The second kappa shape index (κ2) is 6.56. The Hall–Kier alpha value is -1.11. The first-order valence-corrected chi connectivity index (χ1v) is 8.87. The van der Waals surface area contributed by atoms with E-state index in [4.69, 9.17) is 0 Å². The molecule has 116 valence electrons. The summed E-state index contributed by atoms with van der Waals surface area (Å²) in [5.41, 5.74) is -0.878. The highest BCUT2D eigenvalue weighted by Gasteiger charge is 2.38. The average molecular weight is 304 g/mol. The van der Waals surface area contributed by atoms with Gasteiger partial charge in [-0.2, -0.15) is 0 Å². The molecule has 6 nitrogen and oxygen atoms in total. The molecular formula is C13H24N2O4S. The van der Waals surface area contributed by atoms with E-state index in [1.165, 1.54) is 0 Å². The third-order valence-electron chi connectivity index (χ3n) is 3.81. The molecule has 1 unspecified atom stereocenters. The van der Waals surface area contributed by atoms with Gasteiger partial charge < -0.3 is 10.2 Å². The van der Waals surface area contributed by atoms with Crippen molar-refractivity contribution in [3.63, 3.8) is 0 Å². The van der Waals surface area contributed by atoms with E-state index in [1.54, 1.807) is 18.7 Å². The molecule has 0 spiro atoms. The maximum Gasteiger partial charge on any atom is 0.248 e. The van der Waals surface area contributed by atoms with Crippen molar-refractivity contribution in [3.05, 3.63) is 0 Å². The minimum Gasteiger partial charge on any atom is -0.342 e. The number of carbonyl (C=O) groups is 2. The third kappa shape index (κ3) is 4.19. The second-order valence-electron chi connectivity index (χ2n) is 5.37. The molecule has 1 fully saturated rings. The van der Waals surface area contributed by atoms with Crippen molar-refractivity contribution >= 4 is 21.7 Å². The topological polar surface area (TPSA) is 83.6 Å². The van der Waals surface area contributed by atoms with E-state index < -0.39 is 15.4 Å². The number of nitrogens with one attached hydrogen (secondary N) is 1. The quantitative estimate of drug-likeness (QED) is 0.766. The molecule has 1 rings (SSSR count). The number of nitrogens with zero attached hydrogens (tertiary/aromatic N) is 1. The number of carbonyl (C=O) groups excluding carboxylic acids is 2. The molecule has 0 aliphatic carbocycles. The SMILES string of the molecule is CCC1(C)NC(=O)CCN(CCCS(=O)(=O)CC)C1=O. The molecule has 7 heteroatoms. The molecule has 1 heterocycles. The maximum absolute atomic E-state index is 12.4. The molecule has 0 aromatic rings. The summed E-state index contributed by atoms with van der Waals surface area (Å²) in [6.45, 7) is 5.91. The van der Waals surface area contributed by atoms with Crippen LogP contribution in [0.25, 0.3) is 0 Å². The fraction of sp³-hybridized carbons (Fsp3) is 0.846. The van der Waals surface area contributed by atoms with Gasteiger partial charge in [0, 0.05) is 25.3 Å². The van der Waals surface area contributed by atoms with Crippen molar-refractivity contribution in [3.8, 4) is 0 Å². The van der Waals surface area contributed by atoms with E-state index in [2.05, 4.69) is 5.32 Å². The van der Waals surface area contributed by atoms with E-state index in [0.29, 0.717) is 25.9 Å². The van der Waals surface area contributed by atoms with Gasteiger partial charge in [0.1, 0.15) is 15.4 Å². The van der Waals surface area contributed by atoms with Gasteiger partial charge in [0.05, 0.1) is 5.75 Å². The summed E-state index contributed by atoms with van der Waals surface area (Å²) in [5, 5.41) is 2.75. The van der Waals surface area contributed by atoms with Gasteiger partial charge in [0.25, 0.3) is 0 Å². The fourth-order valence-electron chi connectivity index (χ4n) is 2.18. The Morgan fingerprint density at radius 1 is 1.30 bits per heavy atom. The average Bonchev–Trinajstić information content (AvgIpc) is 2.50. The Balaban J connectivity index is 2.69. The largest absolute Gasteiger partial charge is 0.342 e. The van der Waals surface area contributed by atoms with E-state index >= 15 is 0 Å². The summed E-state index contributed by atoms with van der Waals surface area (Å²) in [4.78, 5) is 25.7. The van der Waals surface area contributed by atoms with Crippen LogP contribution in [-0.2, 0) is 19.4 Å².